The molecule has 1 aliphatic rings. The van der Waals surface area contributed by atoms with Gasteiger partial charge in [-0.2, -0.15) is 0 Å². The number of benzene rings is 3. The van der Waals surface area contributed by atoms with Crippen molar-refractivity contribution in [3.63, 3.8) is 0 Å². The predicted molar refractivity (Wildman–Crippen MR) is 178 cm³/mol. The largest absolute Gasteiger partial charge is 0.490 e. The summed E-state index contributed by atoms with van der Waals surface area (Å²) in [4.78, 5) is 31.9. The lowest BCUT2D eigenvalue weighted by Crippen LogP contribution is -2.39. The number of esters is 1. The quantitative estimate of drug-likeness (QED) is 0.170. The maximum Gasteiger partial charge on any atom is 0.337 e. The summed E-state index contributed by atoms with van der Waals surface area (Å²) in [6, 6.07) is 15.7. The summed E-state index contributed by atoms with van der Waals surface area (Å²) in [7, 11) is 1.30. The van der Waals surface area contributed by atoms with Crippen LogP contribution in [0.2, 0.25) is 5.02 Å². The Hall–Kier alpha value is -3.38. The number of aromatic nitrogens is 1. The molecule has 1 aliphatic heterocycles. The highest BCUT2D eigenvalue weighted by molar-refractivity contribution is 9.11. The van der Waals surface area contributed by atoms with Gasteiger partial charge in [-0.05, 0) is 83.4 Å². The topological polar surface area (TPSA) is 88.4 Å². The number of rotatable bonds is 10. The first-order valence-electron chi connectivity index (χ1n) is 13.6. The summed E-state index contributed by atoms with van der Waals surface area (Å²) in [6.45, 7) is 4.90. The molecule has 1 aromatic heterocycles. The van der Waals surface area contributed by atoms with Gasteiger partial charge < -0.3 is 18.9 Å². The van der Waals surface area contributed by atoms with Gasteiger partial charge in [0.2, 0.25) is 0 Å². The van der Waals surface area contributed by atoms with Crippen LogP contribution in [0.15, 0.2) is 85.1 Å². The van der Waals surface area contributed by atoms with Crippen molar-refractivity contribution in [1.82, 2.24) is 4.57 Å². The Balaban J connectivity index is 1.63. The number of ether oxygens (including phenoxy) is 4. The van der Waals surface area contributed by atoms with Gasteiger partial charge in [-0.15, -0.1) is 0 Å². The molecule has 44 heavy (non-hydrogen) atoms. The molecule has 0 spiro atoms. The molecule has 0 saturated carbocycles. The van der Waals surface area contributed by atoms with Crippen LogP contribution < -0.4 is 29.1 Å². The van der Waals surface area contributed by atoms with E-state index < -0.39 is 12.0 Å². The van der Waals surface area contributed by atoms with E-state index in [0.717, 1.165) is 10.0 Å². The van der Waals surface area contributed by atoms with Gasteiger partial charge >= 0.3 is 5.97 Å². The van der Waals surface area contributed by atoms with Crippen molar-refractivity contribution in [2.24, 2.45) is 4.99 Å². The molecule has 0 aliphatic carbocycles. The molecular formula is C32H27Br2ClN2O6S. The monoisotopic (exact) mass is 760 g/mol. The minimum atomic E-state index is -0.802. The fourth-order valence-electron chi connectivity index (χ4n) is 4.75. The van der Waals surface area contributed by atoms with Crippen LogP contribution in [-0.2, 0) is 16.1 Å². The van der Waals surface area contributed by atoms with Gasteiger partial charge in [-0.25, -0.2) is 9.79 Å². The molecule has 3 aromatic carbocycles. The molecule has 5 rings (SSSR count). The summed E-state index contributed by atoms with van der Waals surface area (Å²) in [6.07, 6.45) is 3.22. The summed E-state index contributed by atoms with van der Waals surface area (Å²) < 4.78 is 26.3. The van der Waals surface area contributed by atoms with Crippen LogP contribution in [0, 0.1) is 0 Å². The third-order valence-corrected chi connectivity index (χ3v) is 8.88. The maximum atomic E-state index is 14.1. The lowest BCUT2D eigenvalue weighted by atomic mass is 9.97. The minimum Gasteiger partial charge on any atom is -0.490 e. The van der Waals surface area contributed by atoms with Gasteiger partial charge in [0, 0.05) is 21.3 Å². The van der Waals surface area contributed by atoms with E-state index in [1.165, 1.54) is 29.2 Å². The SMILES string of the molecule is CCOc1ccc([C@H]2C(C(=O)OC)=CN=c3s/c(=C/c4cc(Br)cc(Br)c4OCc4cccc(Cl)c4)c(=O)n32)cc1OCC. The van der Waals surface area contributed by atoms with Gasteiger partial charge in [0.1, 0.15) is 12.4 Å². The molecular weight excluding hydrogens is 736 g/mol. The molecule has 0 bridgehead atoms. The van der Waals surface area contributed by atoms with Gasteiger partial charge in [-0.1, -0.05) is 57.1 Å². The van der Waals surface area contributed by atoms with E-state index in [2.05, 4.69) is 36.9 Å². The zero-order valence-corrected chi connectivity index (χ0v) is 28.7. The van der Waals surface area contributed by atoms with Gasteiger partial charge in [-0.3, -0.25) is 9.36 Å². The van der Waals surface area contributed by atoms with Crippen molar-refractivity contribution in [3.05, 3.63) is 117 Å². The lowest BCUT2D eigenvalue weighted by Gasteiger charge is -2.23. The Labute approximate surface area is 279 Å². The van der Waals surface area contributed by atoms with Crippen molar-refractivity contribution in [2.45, 2.75) is 26.5 Å². The van der Waals surface area contributed by atoms with Gasteiger partial charge in [0.15, 0.2) is 16.3 Å². The van der Waals surface area contributed by atoms with Crippen molar-refractivity contribution in [2.75, 3.05) is 20.3 Å². The van der Waals surface area contributed by atoms with E-state index in [0.29, 0.717) is 60.4 Å². The van der Waals surface area contributed by atoms with Crippen LogP contribution in [0.1, 0.15) is 36.6 Å². The highest BCUT2D eigenvalue weighted by Gasteiger charge is 2.31. The molecule has 0 unspecified atom stereocenters. The van der Waals surface area contributed by atoms with E-state index in [-0.39, 0.29) is 17.7 Å². The number of hydrogen-bond donors (Lipinski definition) is 0. The standard InChI is InChI=1S/C32H27Br2ClN2O6S/c1-4-41-25-10-9-19(13-26(25)42-5-2)28-23(31(39)40-3)16-36-32-37(28)30(38)27(44-32)14-20-12-21(33)15-24(34)29(20)43-17-18-7-6-8-22(35)11-18/h6-16,28H,4-5,17H2,1-3H3/b27-14+/t28-/m0/s1. The summed E-state index contributed by atoms with van der Waals surface area (Å²) >= 11 is 14.5. The average molecular weight is 763 g/mol. The number of carbonyl (C=O) groups is 1. The van der Waals surface area contributed by atoms with Crippen LogP contribution in [0.5, 0.6) is 17.2 Å². The Bertz CT molecular complexity index is 1940. The smallest absolute Gasteiger partial charge is 0.337 e. The summed E-state index contributed by atoms with van der Waals surface area (Å²) in [5, 5.41) is 0.615. The van der Waals surface area contributed by atoms with Gasteiger partial charge in [0.25, 0.3) is 5.56 Å². The number of carbonyl (C=O) groups excluding carboxylic acids is 1. The van der Waals surface area contributed by atoms with Crippen LogP contribution in [0.3, 0.4) is 0 Å². The first-order valence-corrected chi connectivity index (χ1v) is 16.4. The molecule has 12 heteroatoms. The molecule has 2 heterocycles. The summed E-state index contributed by atoms with van der Waals surface area (Å²) in [5.41, 5.74) is 2.11. The number of halogens is 3. The molecule has 8 nitrogen and oxygen atoms in total. The predicted octanol–water partition coefficient (Wildman–Crippen LogP) is 6.57. The van der Waals surface area contributed by atoms with Gasteiger partial charge in [0.05, 0.1) is 40.9 Å². The first-order chi connectivity index (χ1) is 21.2. The molecule has 0 N–H and O–H groups in total. The zero-order chi connectivity index (χ0) is 31.4. The average Bonchev–Trinajstić information content (AvgIpc) is 3.31. The fraction of sp³-hybridized carbons (Fsp3) is 0.219. The molecule has 0 amide bonds. The van der Waals surface area contributed by atoms with Crippen molar-refractivity contribution >= 4 is 66.8 Å². The van der Waals surface area contributed by atoms with E-state index in [1.807, 2.05) is 50.2 Å². The van der Waals surface area contributed by atoms with Crippen molar-refractivity contribution in [1.29, 1.82) is 0 Å². The number of methoxy groups -OCH3 is 1. The molecule has 1 atom stereocenters. The minimum absolute atomic E-state index is 0.216. The van der Waals surface area contributed by atoms with E-state index in [9.17, 15) is 9.59 Å². The first kappa shape index (κ1) is 32.0. The Morgan fingerprint density at radius 1 is 1.05 bits per heavy atom. The highest BCUT2D eigenvalue weighted by Crippen LogP contribution is 2.36. The van der Waals surface area contributed by atoms with Crippen LogP contribution in [0.4, 0.5) is 0 Å². The Morgan fingerprint density at radius 2 is 1.82 bits per heavy atom. The molecule has 0 saturated heterocycles. The molecule has 0 fully saturated rings. The number of thiazole rings is 1. The van der Waals surface area contributed by atoms with Crippen molar-refractivity contribution in [3.8, 4) is 17.2 Å². The van der Waals surface area contributed by atoms with E-state index in [4.69, 9.17) is 30.5 Å². The maximum absolute atomic E-state index is 14.1. The van der Waals surface area contributed by atoms with Crippen LogP contribution in [0.25, 0.3) is 6.08 Å². The van der Waals surface area contributed by atoms with Crippen molar-refractivity contribution < 1.29 is 23.7 Å². The molecule has 228 valence electrons. The Morgan fingerprint density at radius 3 is 2.55 bits per heavy atom. The second-order valence-electron chi connectivity index (χ2n) is 9.47. The molecule has 0 radical (unpaired) electrons. The third-order valence-electron chi connectivity index (χ3n) is 6.60. The normalized spacial score (nSPS) is 14.4. The highest BCUT2D eigenvalue weighted by atomic mass is 79.9. The van der Waals surface area contributed by atoms with E-state index >= 15 is 0 Å². The molecule has 4 aromatic rings. The summed E-state index contributed by atoms with van der Waals surface area (Å²) in [5.74, 6) is 1.04. The number of fused-ring (bicyclic) bond motifs is 1. The van der Waals surface area contributed by atoms with Crippen LogP contribution in [-0.4, -0.2) is 30.9 Å². The lowest BCUT2D eigenvalue weighted by molar-refractivity contribution is -0.136. The second-order valence-corrected chi connectivity index (χ2v) is 12.7. The fourth-order valence-corrected chi connectivity index (χ4v) is 7.30. The third kappa shape index (κ3) is 6.81. The zero-order valence-electron chi connectivity index (χ0n) is 23.9. The Kier molecular flexibility index (Phi) is 10.3. The second kappa shape index (κ2) is 14.2. The van der Waals surface area contributed by atoms with E-state index in [1.54, 1.807) is 24.3 Å². The number of nitrogens with zero attached hydrogens (tertiary/aromatic N) is 2. The number of hydrogen-bond acceptors (Lipinski definition) is 8. The van der Waals surface area contributed by atoms with Crippen LogP contribution >= 0.6 is 54.8 Å².